The molecule has 0 saturated carbocycles. The molecular formula is C23H18BrFN2O3S. The average Bonchev–Trinajstić information content (AvgIpc) is 3.04. The third-order valence-electron chi connectivity index (χ3n) is 4.87. The number of benzene rings is 2. The molecule has 0 spiro atoms. The number of halogens is 2. The number of esters is 1. The van der Waals surface area contributed by atoms with Crippen LogP contribution < -0.4 is 14.9 Å². The summed E-state index contributed by atoms with van der Waals surface area (Å²) in [5.41, 5.74) is 1.96. The minimum absolute atomic E-state index is 0.194. The van der Waals surface area contributed by atoms with Crippen molar-refractivity contribution in [1.82, 2.24) is 4.57 Å². The van der Waals surface area contributed by atoms with Gasteiger partial charge in [0, 0.05) is 4.47 Å². The molecule has 0 bridgehead atoms. The van der Waals surface area contributed by atoms with E-state index in [1.165, 1.54) is 28.0 Å². The second-order valence-corrected chi connectivity index (χ2v) is 8.83. The number of carbonyl (C=O) groups is 1. The second kappa shape index (κ2) is 8.72. The second-order valence-electron chi connectivity index (χ2n) is 6.91. The van der Waals surface area contributed by atoms with E-state index >= 15 is 0 Å². The smallest absolute Gasteiger partial charge is 0.338 e. The first-order valence-corrected chi connectivity index (χ1v) is 11.2. The number of carbonyl (C=O) groups excluding carboxylic acids is 1. The Kier molecular flexibility index (Phi) is 6.02. The Morgan fingerprint density at radius 1 is 1.23 bits per heavy atom. The first kappa shape index (κ1) is 21.4. The minimum Gasteiger partial charge on any atom is -0.463 e. The summed E-state index contributed by atoms with van der Waals surface area (Å²) >= 11 is 4.65. The molecule has 2 heterocycles. The maximum Gasteiger partial charge on any atom is 0.338 e. The van der Waals surface area contributed by atoms with Gasteiger partial charge in [-0.1, -0.05) is 51.5 Å². The van der Waals surface area contributed by atoms with Crippen LogP contribution in [0.25, 0.3) is 6.08 Å². The van der Waals surface area contributed by atoms with Crippen LogP contribution in [0.5, 0.6) is 0 Å². The van der Waals surface area contributed by atoms with Gasteiger partial charge in [-0.15, -0.1) is 0 Å². The van der Waals surface area contributed by atoms with E-state index in [0.29, 0.717) is 20.6 Å². The Labute approximate surface area is 190 Å². The van der Waals surface area contributed by atoms with E-state index in [4.69, 9.17) is 4.74 Å². The van der Waals surface area contributed by atoms with Gasteiger partial charge in [-0.05, 0) is 55.3 Å². The minimum atomic E-state index is -0.747. The molecule has 0 unspecified atom stereocenters. The molecule has 1 aliphatic heterocycles. The normalized spacial score (nSPS) is 16.1. The molecule has 158 valence electrons. The molecular weight excluding hydrogens is 483 g/mol. The highest BCUT2D eigenvalue weighted by molar-refractivity contribution is 9.10. The van der Waals surface area contributed by atoms with E-state index in [-0.39, 0.29) is 17.7 Å². The lowest BCUT2D eigenvalue weighted by molar-refractivity contribution is -0.139. The van der Waals surface area contributed by atoms with Crippen molar-refractivity contribution in [3.05, 3.63) is 101 Å². The van der Waals surface area contributed by atoms with Gasteiger partial charge in [0.05, 0.1) is 28.5 Å². The molecule has 0 N–H and O–H groups in total. The number of fused-ring (bicyclic) bond motifs is 1. The van der Waals surface area contributed by atoms with Crippen molar-refractivity contribution in [3.8, 4) is 0 Å². The molecule has 1 atom stereocenters. The Bertz CT molecular complexity index is 1360. The molecule has 8 heteroatoms. The van der Waals surface area contributed by atoms with Crippen LogP contribution in [-0.2, 0) is 9.53 Å². The van der Waals surface area contributed by atoms with E-state index in [1.54, 1.807) is 32.1 Å². The Morgan fingerprint density at radius 3 is 2.55 bits per heavy atom. The summed E-state index contributed by atoms with van der Waals surface area (Å²) in [6, 6.07) is 12.6. The van der Waals surface area contributed by atoms with Gasteiger partial charge in [-0.25, -0.2) is 14.2 Å². The van der Waals surface area contributed by atoms with E-state index in [2.05, 4.69) is 20.9 Å². The van der Waals surface area contributed by atoms with E-state index in [9.17, 15) is 14.0 Å². The van der Waals surface area contributed by atoms with Crippen molar-refractivity contribution in [1.29, 1.82) is 0 Å². The fourth-order valence-electron chi connectivity index (χ4n) is 3.46. The quantitative estimate of drug-likeness (QED) is 0.513. The summed E-state index contributed by atoms with van der Waals surface area (Å²) in [5, 5.41) is 0. The first-order chi connectivity index (χ1) is 14.9. The summed E-state index contributed by atoms with van der Waals surface area (Å²) in [5.74, 6) is -0.940. The fraction of sp³-hybridized carbons (Fsp3) is 0.174. The van der Waals surface area contributed by atoms with Gasteiger partial charge < -0.3 is 4.74 Å². The third kappa shape index (κ3) is 4.18. The molecule has 0 fully saturated rings. The maximum absolute atomic E-state index is 13.6. The predicted octanol–water partition coefficient (Wildman–Crippen LogP) is 3.70. The number of aromatic nitrogens is 1. The van der Waals surface area contributed by atoms with Gasteiger partial charge in [0.15, 0.2) is 4.80 Å². The van der Waals surface area contributed by atoms with Gasteiger partial charge in [-0.3, -0.25) is 9.36 Å². The van der Waals surface area contributed by atoms with Crippen molar-refractivity contribution in [2.45, 2.75) is 19.9 Å². The van der Waals surface area contributed by atoms with Crippen LogP contribution in [0.1, 0.15) is 31.0 Å². The molecule has 0 amide bonds. The van der Waals surface area contributed by atoms with Gasteiger partial charge in [0.2, 0.25) is 0 Å². The zero-order valence-electron chi connectivity index (χ0n) is 16.8. The summed E-state index contributed by atoms with van der Waals surface area (Å²) < 4.78 is 21.7. The topological polar surface area (TPSA) is 60.7 Å². The van der Waals surface area contributed by atoms with Crippen molar-refractivity contribution in [3.63, 3.8) is 0 Å². The summed E-state index contributed by atoms with van der Waals surface area (Å²) in [6.07, 6.45) is 1.79. The number of nitrogens with zero attached hydrogens (tertiary/aromatic N) is 2. The van der Waals surface area contributed by atoms with Crippen molar-refractivity contribution >= 4 is 39.3 Å². The number of thiazole rings is 1. The number of hydrogen-bond acceptors (Lipinski definition) is 5. The van der Waals surface area contributed by atoms with E-state index < -0.39 is 17.8 Å². The van der Waals surface area contributed by atoms with Crippen LogP contribution in [0.4, 0.5) is 4.39 Å². The summed E-state index contributed by atoms with van der Waals surface area (Å²) in [4.78, 5) is 31.2. The third-order valence-corrected chi connectivity index (χ3v) is 6.38. The highest BCUT2D eigenvalue weighted by Gasteiger charge is 2.33. The number of hydrogen-bond donors (Lipinski definition) is 0. The fourth-order valence-corrected chi connectivity index (χ4v) is 4.77. The van der Waals surface area contributed by atoms with Crippen molar-refractivity contribution in [2.75, 3.05) is 6.61 Å². The van der Waals surface area contributed by atoms with Crippen molar-refractivity contribution in [2.24, 2.45) is 4.99 Å². The molecule has 3 aromatic rings. The molecule has 2 aromatic carbocycles. The van der Waals surface area contributed by atoms with Gasteiger partial charge >= 0.3 is 5.97 Å². The van der Waals surface area contributed by atoms with Crippen molar-refractivity contribution < 1.29 is 13.9 Å². The lowest BCUT2D eigenvalue weighted by Gasteiger charge is -2.24. The molecule has 0 aliphatic carbocycles. The molecule has 1 aromatic heterocycles. The predicted molar refractivity (Wildman–Crippen MR) is 121 cm³/mol. The molecule has 0 saturated heterocycles. The lowest BCUT2D eigenvalue weighted by Crippen LogP contribution is -2.39. The van der Waals surface area contributed by atoms with E-state index in [0.717, 1.165) is 10.0 Å². The van der Waals surface area contributed by atoms with E-state index in [1.807, 2.05) is 24.3 Å². The molecule has 5 nitrogen and oxygen atoms in total. The van der Waals surface area contributed by atoms with Crippen LogP contribution in [0.15, 0.2) is 74.1 Å². The van der Waals surface area contributed by atoms with Gasteiger partial charge in [-0.2, -0.15) is 0 Å². The summed E-state index contributed by atoms with van der Waals surface area (Å²) in [6.45, 7) is 3.63. The number of rotatable bonds is 4. The lowest BCUT2D eigenvalue weighted by atomic mass is 9.96. The van der Waals surface area contributed by atoms with Crippen LogP contribution in [-0.4, -0.2) is 17.1 Å². The first-order valence-electron chi connectivity index (χ1n) is 9.59. The average molecular weight is 501 g/mol. The Hall–Kier alpha value is -2.84. The van der Waals surface area contributed by atoms with Crippen LogP contribution >= 0.6 is 27.3 Å². The summed E-state index contributed by atoms with van der Waals surface area (Å²) in [7, 11) is 0. The molecule has 0 radical (unpaired) electrons. The van der Waals surface area contributed by atoms with Crippen LogP contribution in [0.2, 0.25) is 0 Å². The molecule has 31 heavy (non-hydrogen) atoms. The Morgan fingerprint density at radius 2 is 1.90 bits per heavy atom. The Balaban J connectivity index is 1.94. The largest absolute Gasteiger partial charge is 0.463 e. The highest BCUT2D eigenvalue weighted by Crippen LogP contribution is 2.30. The van der Waals surface area contributed by atoms with Gasteiger partial charge in [0.1, 0.15) is 5.82 Å². The van der Waals surface area contributed by atoms with Crippen LogP contribution in [0, 0.1) is 5.82 Å². The number of ether oxygens (including phenoxy) is 1. The zero-order valence-corrected chi connectivity index (χ0v) is 19.2. The maximum atomic E-state index is 13.6. The zero-order chi connectivity index (χ0) is 22.1. The SMILES string of the molecule is CCOC(=O)C1=C(C)N=c2s/c(=C/c3ccc(Br)cc3)c(=O)n2[C@@H]1c1ccc(F)cc1. The van der Waals surface area contributed by atoms with Gasteiger partial charge in [0.25, 0.3) is 5.56 Å². The monoisotopic (exact) mass is 500 g/mol. The number of allylic oxidation sites excluding steroid dienone is 1. The van der Waals surface area contributed by atoms with Crippen LogP contribution in [0.3, 0.4) is 0 Å². The highest BCUT2D eigenvalue weighted by atomic mass is 79.9. The molecule has 4 rings (SSSR count). The molecule has 1 aliphatic rings. The standard InChI is InChI=1S/C23H18BrFN2O3S/c1-3-30-22(29)19-13(2)26-23-27(20(19)15-6-10-17(25)11-7-15)21(28)18(31-23)12-14-4-8-16(24)9-5-14/h4-12,20H,3H2,1-2H3/b18-12+/t20-/m1/s1.